The molecule has 6 nitrogen and oxygen atoms in total. The SMILES string of the molecule is O=C(NCC1CCN(Cc2cccs2)CC1)N1CCN(c2ccncc2)CC1. The van der Waals surface area contributed by atoms with Gasteiger partial charge in [0.15, 0.2) is 0 Å². The topological polar surface area (TPSA) is 51.7 Å². The number of nitrogens with zero attached hydrogens (tertiary/aromatic N) is 4. The molecule has 4 rings (SSSR count). The van der Waals surface area contributed by atoms with Gasteiger partial charge in [-0.3, -0.25) is 9.88 Å². The summed E-state index contributed by atoms with van der Waals surface area (Å²) in [7, 11) is 0. The lowest BCUT2D eigenvalue weighted by Crippen LogP contribution is -2.52. The standard InChI is InChI=1S/C21H29N5OS/c27-21(26-13-11-25(12-14-26)19-3-7-22-8-4-19)23-16-18-5-9-24(10-6-18)17-20-2-1-15-28-20/h1-4,7-8,15,18H,5-6,9-14,16-17H2,(H,23,27). The molecule has 0 radical (unpaired) electrons. The maximum Gasteiger partial charge on any atom is 0.317 e. The summed E-state index contributed by atoms with van der Waals surface area (Å²) in [6, 6.07) is 8.49. The van der Waals surface area contributed by atoms with Gasteiger partial charge in [-0.15, -0.1) is 11.3 Å². The zero-order chi connectivity index (χ0) is 19.2. The molecular weight excluding hydrogens is 370 g/mol. The number of hydrogen-bond acceptors (Lipinski definition) is 5. The number of piperidine rings is 1. The molecule has 2 aromatic rings. The first kappa shape index (κ1) is 19.2. The molecule has 28 heavy (non-hydrogen) atoms. The number of thiophene rings is 1. The third-order valence-corrected chi connectivity index (χ3v) is 6.66. The summed E-state index contributed by atoms with van der Waals surface area (Å²) < 4.78 is 0. The summed E-state index contributed by atoms with van der Waals surface area (Å²) in [5.74, 6) is 0.599. The third-order valence-electron chi connectivity index (χ3n) is 5.80. The van der Waals surface area contributed by atoms with Crippen LogP contribution < -0.4 is 10.2 Å². The minimum atomic E-state index is 0.0930. The van der Waals surface area contributed by atoms with Gasteiger partial charge in [-0.25, -0.2) is 4.79 Å². The molecular formula is C21H29N5OS. The molecule has 0 atom stereocenters. The van der Waals surface area contributed by atoms with Crippen molar-refractivity contribution >= 4 is 23.1 Å². The number of piperazine rings is 1. The highest BCUT2D eigenvalue weighted by Gasteiger charge is 2.23. The number of urea groups is 1. The number of rotatable bonds is 5. The molecule has 0 aliphatic carbocycles. The smallest absolute Gasteiger partial charge is 0.317 e. The van der Waals surface area contributed by atoms with Gasteiger partial charge in [-0.05, 0) is 55.4 Å². The predicted molar refractivity (Wildman–Crippen MR) is 114 cm³/mol. The van der Waals surface area contributed by atoms with Crippen molar-refractivity contribution in [2.24, 2.45) is 5.92 Å². The van der Waals surface area contributed by atoms with Crippen molar-refractivity contribution in [2.75, 3.05) is 50.7 Å². The minimum absolute atomic E-state index is 0.0930. The Morgan fingerprint density at radius 3 is 2.50 bits per heavy atom. The quantitative estimate of drug-likeness (QED) is 0.840. The van der Waals surface area contributed by atoms with Crippen LogP contribution in [0.1, 0.15) is 17.7 Å². The van der Waals surface area contributed by atoms with Crippen molar-refractivity contribution in [2.45, 2.75) is 19.4 Å². The Morgan fingerprint density at radius 2 is 1.82 bits per heavy atom. The molecule has 7 heteroatoms. The Balaban J connectivity index is 1.15. The molecule has 2 aliphatic rings. The lowest BCUT2D eigenvalue weighted by atomic mass is 9.97. The average molecular weight is 400 g/mol. The number of nitrogens with one attached hydrogen (secondary N) is 1. The Morgan fingerprint density at radius 1 is 1.07 bits per heavy atom. The fraction of sp³-hybridized carbons (Fsp3) is 0.524. The molecule has 0 aromatic carbocycles. The van der Waals surface area contributed by atoms with E-state index in [0.717, 1.165) is 52.4 Å². The normalized spacial score (nSPS) is 19.0. The van der Waals surface area contributed by atoms with Gasteiger partial charge in [0, 0.05) is 62.2 Å². The summed E-state index contributed by atoms with van der Waals surface area (Å²) in [5, 5.41) is 5.33. The zero-order valence-electron chi connectivity index (χ0n) is 16.3. The van der Waals surface area contributed by atoms with E-state index in [1.807, 2.05) is 40.8 Å². The van der Waals surface area contributed by atoms with Crippen molar-refractivity contribution in [1.82, 2.24) is 20.1 Å². The molecule has 0 spiro atoms. The van der Waals surface area contributed by atoms with E-state index < -0.39 is 0 Å². The van der Waals surface area contributed by atoms with Crippen molar-refractivity contribution in [3.05, 3.63) is 46.9 Å². The van der Waals surface area contributed by atoms with Crippen LogP contribution in [0, 0.1) is 5.92 Å². The second-order valence-electron chi connectivity index (χ2n) is 7.66. The van der Waals surface area contributed by atoms with Gasteiger partial charge in [0.05, 0.1) is 0 Å². The largest absolute Gasteiger partial charge is 0.368 e. The number of likely N-dealkylation sites (tertiary alicyclic amines) is 1. The number of aromatic nitrogens is 1. The molecule has 2 fully saturated rings. The Bertz CT molecular complexity index is 723. The zero-order valence-corrected chi connectivity index (χ0v) is 17.1. The van der Waals surface area contributed by atoms with E-state index in [-0.39, 0.29) is 6.03 Å². The third kappa shape index (κ3) is 5.02. The maximum atomic E-state index is 12.5. The second kappa shape index (κ2) is 9.39. The van der Waals surface area contributed by atoms with Crippen LogP contribution in [0.5, 0.6) is 0 Å². The van der Waals surface area contributed by atoms with E-state index in [1.54, 1.807) is 0 Å². The molecule has 2 aromatic heterocycles. The van der Waals surface area contributed by atoms with Crippen LogP contribution >= 0.6 is 11.3 Å². The number of anilines is 1. The van der Waals surface area contributed by atoms with Crippen molar-refractivity contribution < 1.29 is 4.79 Å². The van der Waals surface area contributed by atoms with Gasteiger partial charge >= 0.3 is 6.03 Å². The van der Waals surface area contributed by atoms with E-state index >= 15 is 0 Å². The highest BCUT2D eigenvalue weighted by atomic mass is 32.1. The number of hydrogen-bond donors (Lipinski definition) is 1. The van der Waals surface area contributed by atoms with E-state index in [0.29, 0.717) is 5.92 Å². The lowest BCUT2D eigenvalue weighted by molar-refractivity contribution is 0.168. The van der Waals surface area contributed by atoms with Crippen molar-refractivity contribution in [3.63, 3.8) is 0 Å². The van der Waals surface area contributed by atoms with Crippen molar-refractivity contribution in [1.29, 1.82) is 0 Å². The summed E-state index contributed by atoms with van der Waals surface area (Å²) in [6.45, 7) is 7.42. The molecule has 4 heterocycles. The summed E-state index contributed by atoms with van der Waals surface area (Å²) >= 11 is 1.84. The van der Waals surface area contributed by atoms with Crippen LogP contribution in [-0.4, -0.2) is 66.6 Å². The highest BCUT2D eigenvalue weighted by Crippen LogP contribution is 2.20. The van der Waals surface area contributed by atoms with Gasteiger partial charge in [-0.2, -0.15) is 0 Å². The monoisotopic (exact) mass is 399 g/mol. The Hall–Kier alpha value is -2.12. The van der Waals surface area contributed by atoms with Crippen LogP contribution in [-0.2, 0) is 6.54 Å². The number of amides is 2. The minimum Gasteiger partial charge on any atom is -0.368 e. The summed E-state index contributed by atoms with van der Waals surface area (Å²) in [6.07, 6.45) is 5.98. The fourth-order valence-corrected chi connectivity index (χ4v) is 4.78. The summed E-state index contributed by atoms with van der Waals surface area (Å²) in [4.78, 5) is 24.8. The van der Waals surface area contributed by atoms with Gasteiger partial charge in [0.1, 0.15) is 0 Å². The van der Waals surface area contributed by atoms with E-state index in [1.165, 1.54) is 23.4 Å². The van der Waals surface area contributed by atoms with Crippen molar-refractivity contribution in [3.8, 4) is 0 Å². The fourth-order valence-electron chi connectivity index (χ4n) is 4.04. The van der Waals surface area contributed by atoms with Gasteiger partial charge < -0.3 is 15.1 Å². The average Bonchev–Trinajstić information content (AvgIpc) is 3.27. The van der Waals surface area contributed by atoms with E-state index in [9.17, 15) is 4.79 Å². The van der Waals surface area contributed by atoms with E-state index in [2.05, 4.69) is 37.6 Å². The Kier molecular flexibility index (Phi) is 6.44. The number of pyridine rings is 1. The first-order valence-electron chi connectivity index (χ1n) is 10.2. The molecule has 2 amide bonds. The number of carbonyl (C=O) groups excluding carboxylic acids is 1. The van der Waals surface area contributed by atoms with Crippen LogP contribution in [0.3, 0.4) is 0 Å². The first-order chi connectivity index (χ1) is 13.8. The van der Waals surface area contributed by atoms with Crippen LogP contribution in [0.2, 0.25) is 0 Å². The predicted octanol–water partition coefficient (Wildman–Crippen LogP) is 2.89. The van der Waals surface area contributed by atoms with Crippen LogP contribution in [0.15, 0.2) is 42.0 Å². The lowest BCUT2D eigenvalue weighted by Gasteiger charge is -2.36. The molecule has 0 bridgehead atoms. The van der Waals surface area contributed by atoms with Crippen LogP contribution in [0.4, 0.5) is 10.5 Å². The first-order valence-corrected chi connectivity index (χ1v) is 11.1. The molecule has 150 valence electrons. The van der Waals surface area contributed by atoms with Crippen LogP contribution in [0.25, 0.3) is 0 Å². The molecule has 2 saturated heterocycles. The van der Waals surface area contributed by atoms with Gasteiger partial charge in [0.25, 0.3) is 0 Å². The van der Waals surface area contributed by atoms with Gasteiger partial charge in [0.2, 0.25) is 0 Å². The maximum absolute atomic E-state index is 12.5. The van der Waals surface area contributed by atoms with E-state index in [4.69, 9.17) is 0 Å². The Labute approximate surface area is 171 Å². The molecule has 2 aliphatic heterocycles. The number of carbonyl (C=O) groups is 1. The molecule has 1 N–H and O–H groups in total. The molecule has 0 unspecified atom stereocenters. The second-order valence-corrected chi connectivity index (χ2v) is 8.70. The van der Waals surface area contributed by atoms with Gasteiger partial charge in [-0.1, -0.05) is 6.07 Å². The highest BCUT2D eigenvalue weighted by molar-refractivity contribution is 7.09. The molecule has 0 saturated carbocycles. The summed E-state index contributed by atoms with van der Waals surface area (Å²) in [5.41, 5.74) is 1.18.